The van der Waals surface area contributed by atoms with Crippen molar-refractivity contribution in [3.63, 3.8) is 0 Å². The highest BCUT2D eigenvalue weighted by atomic mass is 32.2. The van der Waals surface area contributed by atoms with Crippen LogP contribution in [0.5, 0.6) is 0 Å². The van der Waals surface area contributed by atoms with Gasteiger partial charge in [0.05, 0.1) is 11.4 Å². The van der Waals surface area contributed by atoms with Gasteiger partial charge in [0.15, 0.2) is 0 Å². The first-order chi connectivity index (χ1) is 13.8. The van der Waals surface area contributed by atoms with Gasteiger partial charge in [0.25, 0.3) is 0 Å². The number of sulfonamides is 1. The normalized spacial score (nSPS) is 11.5. The number of nitrogens with two attached hydrogens (primary N) is 1. The van der Waals surface area contributed by atoms with E-state index in [1.54, 1.807) is 25.1 Å². The van der Waals surface area contributed by atoms with Gasteiger partial charge in [-0.15, -0.1) is 0 Å². The molecule has 0 bridgehead atoms. The van der Waals surface area contributed by atoms with E-state index >= 15 is 0 Å². The van der Waals surface area contributed by atoms with E-state index in [-0.39, 0.29) is 18.0 Å². The van der Waals surface area contributed by atoms with Gasteiger partial charge in [0.1, 0.15) is 0 Å². The molecule has 0 saturated carbocycles. The zero-order valence-corrected chi connectivity index (χ0v) is 16.6. The van der Waals surface area contributed by atoms with Crippen LogP contribution in [0.2, 0.25) is 0 Å². The first kappa shape index (κ1) is 20.5. The molecule has 0 heterocycles. The standard InChI is InChI=1S/C21H21N3O4S/c1-2-24(14-20(25)23-18-10-7-16(8-11-18)21(22)26)29(27,28)19-12-9-15-5-3-4-6-17(15)13-19/h3-13H,2,14H2,1H3,(H2,22,26)(H,23,25). The van der Waals surface area contributed by atoms with Crippen LogP contribution in [0.15, 0.2) is 71.6 Å². The van der Waals surface area contributed by atoms with Gasteiger partial charge in [0, 0.05) is 17.8 Å². The lowest BCUT2D eigenvalue weighted by Crippen LogP contribution is -2.37. The van der Waals surface area contributed by atoms with Crippen LogP contribution < -0.4 is 11.1 Å². The molecule has 3 N–H and O–H groups in total. The van der Waals surface area contributed by atoms with Crippen molar-refractivity contribution < 1.29 is 18.0 Å². The van der Waals surface area contributed by atoms with Crippen molar-refractivity contribution >= 4 is 38.3 Å². The van der Waals surface area contributed by atoms with Gasteiger partial charge >= 0.3 is 0 Å². The molecule has 29 heavy (non-hydrogen) atoms. The largest absolute Gasteiger partial charge is 0.366 e. The van der Waals surface area contributed by atoms with Crippen molar-refractivity contribution in [1.82, 2.24) is 4.31 Å². The van der Waals surface area contributed by atoms with Crippen LogP contribution >= 0.6 is 0 Å². The van der Waals surface area contributed by atoms with Gasteiger partial charge in [-0.3, -0.25) is 9.59 Å². The third-order valence-corrected chi connectivity index (χ3v) is 6.40. The van der Waals surface area contributed by atoms with E-state index in [4.69, 9.17) is 5.73 Å². The fourth-order valence-electron chi connectivity index (χ4n) is 2.92. The number of hydrogen-bond acceptors (Lipinski definition) is 4. The van der Waals surface area contributed by atoms with Gasteiger partial charge in [0.2, 0.25) is 21.8 Å². The molecule has 2 amide bonds. The minimum atomic E-state index is -3.84. The molecule has 3 rings (SSSR count). The third kappa shape index (κ3) is 4.61. The second kappa shape index (κ2) is 8.42. The summed E-state index contributed by atoms with van der Waals surface area (Å²) in [6, 6.07) is 18.4. The summed E-state index contributed by atoms with van der Waals surface area (Å²) in [6.45, 7) is 1.49. The van der Waals surface area contributed by atoms with Crippen LogP contribution in [0.1, 0.15) is 17.3 Å². The van der Waals surface area contributed by atoms with Crippen molar-refractivity contribution in [2.24, 2.45) is 5.73 Å². The lowest BCUT2D eigenvalue weighted by Gasteiger charge is -2.20. The third-order valence-electron chi connectivity index (χ3n) is 4.48. The summed E-state index contributed by atoms with van der Waals surface area (Å²) in [7, 11) is -3.84. The van der Waals surface area contributed by atoms with Crippen LogP contribution in [0, 0.1) is 0 Å². The van der Waals surface area contributed by atoms with Crippen LogP contribution in [-0.2, 0) is 14.8 Å². The van der Waals surface area contributed by atoms with Crippen molar-refractivity contribution in [3.8, 4) is 0 Å². The van der Waals surface area contributed by atoms with Gasteiger partial charge < -0.3 is 11.1 Å². The minimum absolute atomic E-state index is 0.136. The number of rotatable bonds is 7. The van der Waals surface area contributed by atoms with Gasteiger partial charge in [-0.25, -0.2) is 8.42 Å². The van der Waals surface area contributed by atoms with E-state index in [1.165, 1.54) is 24.3 Å². The molecule has 0 aliphatic heterocycles. The molecule has 8 heteroatoms. The average Bonchev–Trinajstić information content (AvgIpc) is 2.71. The van der Waals surface area contributed by atoms with E-state index in [1.807, 2.05) is 24.3 Å². The Morgan fingerprint density at radius 3 is 2.24 bits per heavy atom. The molecule has 3 aromatic carbocycles. The van der Waals surface area contributed by atoms with Gasteiger partial charge in [-0.2, -0.15) is 4.31 Å². The lowest BCUT2D eigenvalue weighted by atomic mass is 10.1. The Bertz CT molecular complexity index is 1160. The fraction of sp³-hybridized carbons (Fsp3) is 0.143. The molecule has 150 valence electrons. The van der Waals surface area contributed by atoms with Gasteiger partial charge in [-0.1, -0.05) is 37.3 Å². The number of carbonyl (C=O) groups excluding carboxylic acids is 2. The number of hydrogen-bond donors (Lipinski definition) is 2. The van der Waals surface area contributed by atoms with Crippen molar-refractivity contribution in [2.45, 2.75) is 11.8 Å². The number of nitrogens with one attached hydrogen (secondary N) is 1. The molecule has 0 aromatic heterocycles. The number of carbonyl (C=O) groups is 2. The number of nitrogens with zero attached hydrogens (tertiary/aromatic N) is 1. The summed E-state index contributed by atoms with van der Waals surface area (Å²) in [6.07, 6.45) is 0. The smallest absolute Gasteiger partial charge is 0.248 e. The Labute approximate surface area is 169 Å². The van der Waals surface area contributed by atoms with E-state index < -0.39 is 21.8 Å². The number of amides is 2. The van der Waals surface area contributed by atoms with Crippen molar-refractivity contribution in [2.75, 3.05) is 18.4 Å². The minimum Gasteiger partial charge on any atom is -0.366 e. The maximum Gasteiger partial charge on any atom is 0.248 e. The summed E-state index contributed by atoms with van der Waals surface area (Å²) >= 11 is 0. The average molecular weight is 411 g/mol. The molecular weight excluding hydrogens is 390 g/mol. The molecule has 0 atom stereocenters. The zero-order chi connectivity index (χ0) is 21.0. The fourth-order valence-corrected chi connectivity index (χ4v) is 4.36. The topological polar surface area (TPSA) is 110 Å². The summed E-state index contributed by atoms with van der Waals surface area (Å²) in [4.78, 5) is 23.6. The maximum absolute atomic E-state index is 13.0. The highest BCUT2D eigenvalue weighted by Gasteiger charge is 2.25. The maximum atomic E-state index is 13.0. The molecule has 0 spiro atoms. The lowest BCUT2D eigenvalue weighted by molar-refractivity contribution is -0.116. The number of likely N-dealkylation sites (N-methyl/N-ethyl adjacent to an activating group) is 1. The highest BCUT2D eigenvalue weighted by Crippen LogP contribution is 2.22. The van der Waals surface area contributed by atoms with Gasteiger partial charge in [-0.05, 0) is 47.2 Å². The summed E-state index contributed by atoms with van der Waals surface area (Å²) in [5.74, 6) is -1.05. The predicted molar refractivity (Wildman–Crippen MR) is 112 cm³/mol. The number of anilines is 1. The first-order valence-electron chi connectivity index (χ1n) is 9.00. The summed E-state index contributed by atoms with van der Waals surface area (Å²) < 4.78 is 27.1. The van der Waals surface area contributed by atoms with E-state index in [0.29, 0.717) is 11.3 Å². The molecule has 0 saturated heterocycles. The van der Waals surface area contributed by atoms with Crippen LogP contribution in [-0.4, -0.2) is 37.6 Å². The number of primary amides is 1. The van der Waals surface area contributed by atoms with Crippen LogP contribution in [0.4, 0.5) is 5.69 Å². The second-order valence-electron chi connectivity index (χ2n) is 6.43. The Morgan fingerprint density at radius 2 is 1.62 bits per heavy atom. The number of benzene rings is 3. The Balaban J connectivity index is 1.76. The Hall–Kier alpha value is -3.23. The molecule has 3 aromatic rings. The molecule has 0 aliphatic rings. The SMILES string of the molecule is CCN(CC(=O)Nc1ccc(C(N)=O)cc1)S(=O)(=O)c1ccc2ccccc2c1. The quantitative estimate of drug-likeness (QED) is 0.623. The second-order valence-corrected chi connectivity index (χ2v) is 8.37. The van der Waals surface area contributed by atoms with Crippen LogP contribution in [0.3, 0.4) is 0 Å². The number of fused-ring (bicyclic) bond motifs is 1. The van der Waals surface area contributed by atoms with E-state index in [0.717, 1.165) is 15.1 Å². The van der Waals surface area contributed by atoms with Crippen LogP contribution in [0.25, 0.3) is 10.8 Å². The van der Waals surface area contributed by atoms with E-state index in [9.17, 15) is 18.0 Å². The predicted octanol–water partition coefficient (Wildman–Crippen LogP) is 2.59. The first-order valence-corrected chi connectivity index (χ1v) is 10.4. The summed E-state index contributed by atoms with van der Waals surface area (Å²) in [5, 5.41) is 4.37. The zero-order valence-electron chi connectivity index (χ0n) is 15.8. The Kier molecular flexibility index (Phi) is 5.95. The molecule has 7 nitrogen and oxygen atoms in total. The summed E-state index contributed by atoms with van der Waals surface area (Å²) in [5.41, 5.74) is 5.95. The molecule has 0 aliphatic carbocycles. The van der Waals surface area contributed by atoms with Crippen molar-refractivity contribution in [1.29, 1.82) is 0 Å². The molecule has 0 fully saturated rings. The Morgan fingerprint density at radius 1 is 0.966 bits per heavy atom. The van der Waals surface area contributed by atoms with Crippen molar-refractivity contribution in [3.05, 3.63) is 72.3 Å². The molecule has 0 unspecified atom stereocenters. The molecule has 0 radical (unpaired) electrons. The van der Waals surface area contributed by atoms with E-state index in [2.05, 4.69) is 5.32 Å². The monoisotopic (exact) mass is 411 g/mol. The molecular formula is C21H21N3O4S. The highest BCUT2D eigenvalue weighted by molar-refractivity contribution is 7.89.